The van der Waals surface area contributed by atoms with Gasteiger partial charge in [-0.2, -0.15) is 0 Å². The number of nitrogens with zero attached hydrogens (tertiary/aromatic N) is 3. The van der Waals surface area contributed by atoms with Crippen LogP contribution in [-0.2, 0) is 4.79 Å². The van der Waals surface area contributed by atoms with E-state index >= 15 is 0 Å². The van der Waals surface area contributed by atoms with Gasteiger partial charge in [-0.3, -0.25) is 4.79 Å². The van der Waals surface area contributed by atoms with Crippen LogP contribution in [0.2, 0.25) is 0 Å². The van der Waals surface area contributed by atoms with Crippen LogP contribution in [0.1, 0.15) is 36.8 Å². The van der Waals surface area contributed by atoms with Crippen molar-refractivity contribution in [2.75, 3.05) is 0 Å². The predicted molar refractivity (Wildman–Crippen MR) is 85.6 cm³/mol. The van der Waals surface area contributed by atoms with Crippen LogP contribution < -0.4 is 10.0 Å². The van der Waals surface area contributed by atoms with Crippen molar-refractivity contribution in [2.45, 2.75) is 26.3 Å². The zero-order chi connectivity index (χ0) is 17.6. The highest BCUT2D eigenvalue weighted by Crippen LogP contribution is 2.27. The van der Waals surface area contributed by atoms with Gasteiger partial charge in [-0.15, -0.1) is 0 Å². The molecule has 3 rings (SSSR count). The van der Waals surface area contributed by atoms with Crippen molar-refractivity contribution in [1.82, 2.24) is 10.3 Å². The average Bonchev–Trinajstić information content (AvgIpc) is 2.83. The number of carboxylic acids is 1. The molecule has 0 aliphatic carbocycles. The molecule has 0 bridgehead atoms. The molecule has 3 heterocycles. The normalized spacial score (nSPS) is 20.3. The zero-order valence-corrected chi connectivity index (χ0v) is 13.4. The van der Waals surface area contributed by atoms with E-state index in [0.717, 1.165) is 0 Å². The maximum atomic E-state index is 12.3. The summed E-state index contributed by atoms with van der Waals surface area (Å²) in [5, 5.41) is 24.4. The van der Waals surface area contributed by atoms with Crippen LogP contribution in [0.3, 0.4) is 0 Å². The zero-order valence-electron chi connectivity index (χ0n) is 13.4. The van der Waals surface area contributed by atoms with Crippen LogP contribution in [0.5, 0.6) is 0 Å². The van der Waals surface area contributed by atoms with Gasteiger partial charge in [0.15, 0.2) is 5.84 Å². The molecule has 24 heavy (non-hydrogen) atoms. The van der Waals surface area contributed by atoms with Crippen LogP contribution in [0.25, 0.3) is 11.0 Å². The van der Waals surface area contributed by atoms with Gasteiger partial charge in [0.2, 0.25) is 5.69 Å². The fourth-order valence-corrected chi connectivity index (χ4v) is 2.51. The topological polar surface area (TPSA) is 119 Å². The maximum Gasteiger partial charge on any atom is 0.340 e. The van der Waals surface area contributed by atoms with Crippen molar-refractivity contribution in [2.24, 2.45) is 10.9 Å². The Morgan fingerprint density at radius 1 is 1.46 bits per heavy atom. The summed E-state index contributed by atoms with van der Waals surface area (Å²) in [6.45, 7) is 5.38. The van der Waals surface area contributed by atoms with Crippen LogP contribution in [-0.4, -0.2) is 33.3 Å². The number of carboxylic acid groups (broad SMARTS) is 1. The summed E-state index contributed by atoms with van der Waals surface area (Å²) < 4.78 is 0.545. The molecule has 0 saturated heterocycles. The van der Waals surface area contributed by atoms with Crippen molar-refractivity contribution in [3.63, 3.8) is 0 Å². The van der Waals surface area contributed by atoms with Gasteiger partial charge in [-0.1, -0.05) is 13.8 Å². The lowest BCUT2D eigenvalue weighted by Crippen LogP contribution is -2.41. The molecular formula is C16H16N4O4. The second-order valence-corrected chi connectivity index (χ2v) is 6.15. The maximum absolute atomic E-state index is 12.3. The third kappa shape index (κ3) is 2.27. The molecule has 0 saturated carbocycles. The van der Waals surface area contributed by atoms with Crippen LogP contribution in [0.4, 0.5) is 0 Å². The van der Waals surface area contributed by atoms with Gasteiger partial charge in [0, 0.05) is 0 Å². The number of pyridine rings is 2. The highest BCUT2D eigenvalue weighted by atomic mass is 16.5. The highest BCUT2D eigenvalue weighted by Gasteiger charge is 2.44. The number of aromatic carboxylic acids is 1. The summed E-state index contributed by atoms with van der Waals surface area (Å²) >= 11 is 0. The lowest BCUT2D eigenvalue weighted by molar-refractivity contribution is -0.579. The molecular weight excluding hydrogens is 312 g/mol. The number of rotatable bonds is 3. The Balaban J connectivity index is 2.26. The van der Waals surface area contributed by atoms with E-state index in [4.69, 9.17) is 0 Å². The minimum Gasteiger partial charge on any atom is -0.710 e. The lowest BCUT2D eigenvalue weighted by atomic mass is 9.89. The molecule has 8 nitrogen and oxygen atoms in total. The van der Waals surface area contributed by atoms with E-state index in [1.54, 1.807) is 13.0 Å². The van der Waals surface area contributed by atoms with Crippen molar-refractivity contribution >= 4 is 28.7 Å². The predicted octanol–water partition coefficient (Wildman–Crippen LogP) is 0.857. The number of hydrogen-bond acceptors (Lipinski definition) is 5. The summed E-state index contributed by atoms with van der Waals surface area (Å²) in [4.78, 5) is 32.4. The fourth-order valence-electron chi connectivity index (χ4n) is 2.51. The first kappa shape index (κ1) is 15.9. The number of aromatic nitrogens is 2. The molecule has 0 fully saturated rings. The van der Waals surface area contributed by atoms with E-state index < -0.39 is 11.5 Å². The summed E-state index contributed by atoms with van der Waals surface area (Å²) in [6, 6.07) is 4.46. The lowest BCUT2D eigenvalue weighted by Gasteiger charge is -2.21. The van der Waals surface area contributed by atoms with E-state index in [9.17, 15) is 19.9 Å². The van der Waals surface area contributed by atoms with Crippen LogP contribution >= 0.6 is 0 Å². The summed E-state index contributed by atoms with van der Waals surface area (Å²) in [6.07, 6.45) is 1.27. The smallest absolute Gasteiger partial charge is 0.340 e. The van der Waals surface area contributed by atoms with E-state index in [0.29, 0.717) is 10.1 Å². The molecule has 8 heteroatoms. The molecule has 2 aromatic rings. The summed E-state index contributed by atoms with van der Waals surface area (Å²) in [7, 11) is 0. The molecule has 2 N–H and O–H groups in total. The molecule has 1 aliphatic heterocycles. The Kier molecular flexibility index (Phi) is 3.47. The third-order valence-corrected chi connectivity index (χ3v) is 4.35. The van der Waals surface area contributed by atoms with Crippen molar-refractivity contribution in [1.29, 1.82) is 0 Å². The molecule has 0 aromatic carbocycles. The highest BCUT2D eigenvalue weighted by molar-refractivity contribution is 6.18. The molecule has 1 unspecified atom stereocenters. The Morgan fingerprint density at radius 3 is 2.75 bits per heavy atom. The second kappa shape index (κ2) is 5.26. The van der Waals surface area contributed by atoms with Crippen molar-refractivity contribution in [3.8, 4) is 0 Å². The van der Waals surface area contributed by atoms with Crippen LogP contribution in [0, 0.1) is 11.1 Å². The van der Waals surface area contributed by atoms with Crippen LogP contribution in [0.15, 0.2) is 29.4 Å². The molecule has 1 aliphatic rings. The number of carbonyl (C=O) groups excluding carboxylic acids is 1. The number of nitrogens with one attached hydrogen (secondary N) is 1. The molecule has 124 valence electrons. The first-order chi connectivity index (χ1) is 11.2. The SMILES string of the molecule is CC(C)C1(C)N=C(c2nc3c(ccc[n+]3[O-])cc2C(=O)O)NC1=O. The number of carbonyl (C=O) groups is 2. The van der Waals surface area contributed by atoms with Gasteiger partial charge in [0.25, 0.3) is 5.91 Å². The Hall–Kier alpha value is -3.03. The Labute approximate surface area is 137 Å². The molecule has 0 radical (unpaired) electrons. The standard InChI is InChI=1S/C16H16N4O4/c1-8(2)16(3)15(23)18-12(19-16)11-10(14(21)22)7-9-5-4-6-20(24)13(9)17-11/h4-8H,1-3H3,(H,21,22)(H,18,19,23). The minimum absolute atomic E-state index is 0.0245. The van der Waals surface area contributed by atoms with Gasteiger partial charge in [0.1, 0.15) is 11.1 Å². The first-order valence-electron chi connectivity index (χ1n) is 7.42. The molecule has 2 aromatic heterocycles. The molecule has 0 spiro atoms. The fraction of sp³-hybridized carbons (Fsp3) is 0.312. The summed E-state index contributed by atoms with van der Waals surface area (Å²) in [5.41, 5.74) is -1.09. The van der Waals surface area contributed by atoms with Gasteiger partial charge in [0.05, 0.1) is 11.6 Å². The number of amidine groups is 1. The quantitative estimate of drug-likeness (QED) is 0.640. The number of aliphatic imine (C=N–C) groups is 1. The minimum atomic E-state index is -1.21. The summed E-state index contributed by atoms with van der Waals surface area (Å²) in [5.74, 6) is -1.56. The Bertz CT molecular complexity index is 906. The number of fused-ring (bicyclic) bond motifs is 1. The number of hydrogen-bond donors (Lipinski definition) is 2. The number of amides is 1. The van der Waals surface area contributed by atoms with Gasteiger partial charge < -0.3 is 15.6 Å². The molecule has 1 amide bonds. The monoisotopic (exact) mass is 328 g/mol. The third-order valence-electron chi connectivity index (χ3n) is 4.35. The van der Waals surface area contributed by atoms with Gasteiger partial charge in [-0.25, -0.2) is 14.5 Å². The molecule has 1 atom stereocenters. The van der Waals surface area contributed by atoms with E-state index in [1.165, 1.54) is 18.3 Å². The van der Waals surface area contributed by atoms with E-state index in [-0.39, 0.29) is 34.6 Å². The van der Waals surface area contributed by atoms with Gasteiger partial charge >= 0.3 is 11.6 Å². The van der Waals surface area contributed by atoms with Crippen molar-refractivity contribution in [3.05, 3.63) is 40.9 Å². The Morgan fingerprint density at radius 2 is 2.17 bits per heavy atom. The average molecular weight is 328 g/mol. The first-order valence-corrected chi connectivity index (χ1v) is 7.42. The van der Waals surface area contributed by atoms with E-state index in [1.807, 2.05) is 13.8 Å². The van der Waals surface area contributed by atoms with Gasteiger partial charge in [-0.05, 0) is 36.0 Å². The second-order valence-electron chi connectivity index (χ2n) is 6.15. The largest absolute Gasteiger partial charge is 0.710 e. The van der Waals surface area contributed by atoms with Crippen molar-refractivity contribution < 1.29 is 19.4 Å². The van der Waals surface area contributed by atoms with E-state index in [2.05, 4.69) is 15.3 Å².